The number of benzene rings is 2. The van der Waals surface area contributed by atoms with E-state index in [1.807, 2.05) is 0 Å². The third-order valence-corrected chi connectivity index (χ3v) is 2.92. The number of amides is 1. The summed E-state index contributed by atoms with van der Waals surface area (Å²) in [5.41, 5.74) is -0.572. The molecule has 0 spiro atoms. The van der Waals surface area contributed by atoms with E-state index in [1.54, 1.807) is 0 Å². The number of hydrazone groups is 1. The Labute approximate surface area is 135 Å². The molecular formula is C16H11F3N2O3. The molecule has 5 nitrogen and oxygen atoms in total. The van der Waals surface area contributed by atoms with Crippen LogP contribution in [-0.2, 0) is 4.74 Å². The van der Waals surface area contributed by atoms with Crippen molar-refractivity contribution < 1.29 is 27.5 Å². The minimum atomic E-state index is -1.30. The summed E-state index contributed by atoms with van der Waals surface area (Å²) in [5, 5.41) is 4.16. The first-order valence-electron chi connectivity index (χ1n) is 6.61. The van der Waals surface area contributed by atoms with E-state index in [0.29, 0.717) is 11.4 Å². The zero-order valence-electron chi connectivity index (χ0n) is 12.4. The minimum absolute atomic E-state index is 0.0494. The molecule has 0 saturated heterocycles. The second-order valence-electron chi connectivity index (χ2n) is 4.57. The molecule has 0 unspecified atom stereocenters. The third-order valence-electron chi connectivity index (χ3n) is 2.92. The van der Waals surface area contributed by atoms with Gasteiger partial charge in [0.15, 0.2) is 11.6 Å². The van der Waals surface area contributed by atoms with Crippen molar-refractivity contribution >= 4 is 18.3 Å². The van der Waals surface area contributed by atoms with Crippen LogP contribution < -0.4 is 0 Å². The Morgan fingerprint density at radius 1 is 1.12 bits per heavy atom. The normalized spacial score (nSPS) is 10.7. The number of carbonyl (C=O) groups is 2. The maximum Gasteiger partial charge on any atom is 0.344 e. The summed E-state index contributed by atoms with van der Waals surface area (Å²) >= 11 is 0. The molecule has 0 heterocycles. The molecule has 24 heavy (non-hydrogen) atoms. The van der Waals surface area contributed by atoms with Gasteiger partial charge in [0.05, 0.1) is 11.1 Å². The number of rotatable bonds is 4. The van der Waals surface area contributed by atoms with Gasteiger partial charge in [0.2, 0.25) is 6.40 Å². The summed E-state index contributed by atoms with van der Waals surface area (Å²) in [6.07, 6.45) is 0.641. The largest absolute Gasteiger partial charge is 0.409 e. The van der Waals surface area contributed by atoms with Crippen molar-refractivity contribution in [1.29, 1.82) is 0 Å². The quantitative estimate of drug-likeness (QED) is 0.373. The highest BCUT2D eigenvalue weighted by atomic mass is 19.2. The van der Waals surface area contributed by atoms with Crippen LogP contribution in [0.25, 0.3) is 0 Å². The average molecular weight is 336 g/mol. The maximum atomic E-state index is 13.5. The van der Waals surface area contributed by atoms with Gasteiger partial charge in [-0.15, -0.1) is 5.10 Å². The van der Waals surface area contributed by atoms with Crippen LogP contribution in [0.4, 0.5) is 13.2 Å². The van der Waals surface area contributed by atoms with Gasteiger partial charge in [0.25, 0.3) is 5.91 Å². The van der Waals surface area contributed by atoms with Crippen LogP contribution in [0.5, 0.6) is 0 Å². The van der Waals surface area contributed by atoms with E-state index < -0.39 is 34.9 Å². The number of hydrogen-bond donors (Lipinski definition) is 0. The lowest BCUT2D eigenvalue weighted by molar-refractivity contribution is 0.0706. The summed E-state index contributed by atoms with van der Waals surface area (Å²) in [4.78, 5) is 23.5. The summed E-state index contributed by atoms with van der Waals surface area (Å²) in [7, 11) is 1.17. The first kappa shape index (κ1) is 17.2. The Bertz CT molecular complexity index is 809. The molecule has 8 heteroatoms. The SMILES string of the molecule is CN(N=COC(=O)c1cccc(F)c1)C(=O)c1cccc(F)c1F. The molecule has 0 N–H and O–H groups in total. The monoisotopic (exact) mass is 336 g/mol. The van der Waals surface area contributed by atoms with Crippen LogP contribution in [0.15, 0.2) is 47.6 Å². The van der Waals surface area contributed by atoms with E-state index in [9.17, 15) is 22.8 Å². The zero-order valence-corrected chi connectivity index (χ0v) is 12.4. The fourth-order valence-corrected chi connectivity index (χ4v) is 1.72. The molecule has 2 rings (SSSR count). The second kappa shape index (κ2) is 7.40. The topological polar surface area (TPSA) is 59.0 Å². The van der Waals surface area contributed by atoms with E-state index in [2.05, 4.69) is 9.84 Å². The van der Waals surface area contributed by atoms with Gasteiger partial charge in [-0.2, -0.15) is 0 Å². The van der Waals surface area contributed by atoms with Gasteiger partial charge < -0.3 is 4.74 Å². The van der Waals surface area contributed by atoms with E-state index >= 15 is 0 Å². The van der Waals surface area contributed by atoms with Crippen LogP contribution >= 0.6 is 0 Å². The molecule has 124 valence electrons. The highest BCUT2D eigenvalue weighted by molar-refractivity contribution is 5.95. The number of nitrogens with zero attached hydrogens (tertiary/aromatic N) is 2. The Balaban J connectivity index is 2.02. The molecule has 0 atom stereocenters. The third kappa shape index (κ3) is 3.97. The van der Waals surface area contributed by atoms with Gasteiger partial charge in [0, 0.05) is 7.05 Å². The van der Waals surface area contributed by atoms with E-state index in [0.717, 1.165) is 24.3 Å². The number of halogens is 3. The van der Waals surface area contributed by atoms with Crippen molar-refractivity contribution in [2.45, 2.75) is 0 Å². The van der Waals surface area contributed by atoms with Crippen LogP contribution in [0.2, 0.25) is 0 Å². The number of hydrogen-bond acceptors (Lipinski definition) is 4. The van der Waals surface area contributed by atoms with Crippen molar-refractivity contribution in [2.24, 2.45) is 5.10 Å². The molecule has 0 aliphatic heterocycles. The molecule has 2 aromatic rings. The molecule has 0 aliphatic rings. The van der Waals surface area contributed by atoms with Gasteiger partial charge in [-0.05, 0) is 30.3 Å². The lowest BCUT2D eigenvalue weighted by Crippen LogP contribution is -2.23. The van der Waals surface area contributed by atoms with Crippen molar-refractivity contribution in [3.8, 4) is 0 Å². The van der Waals surface area contributed by atoms with E-state index in [1.165, 1.54) is 25.2 Å². The van der Waals surface area contributed by atoms with Gasteiger partial charge in [0.1, 0.15) is 5.82 Å². The van der Waals surface area contributed by atoms with Crippen molar-refractivity contribution in [1.82, 2.24) is 5.01 Å². The first-order chi connectivity index (χ1) is 11.4. The van der Waals surface area contributed by atoms with Crippen LogP contribution in [0.1, 0.15) is 20.7 Å². The van der Waals surface area contributed by atoms with Crippen LogP contribution in [-0.4, -0.2) is 30.3 Å². The Morgan fingerprint density at radius 3 is 2.54 bits per heavy atom. The van der Waals surface area contributed by atoms with Crippen molar-refractivity contribution in [3.63, 3.8) is 0 Å². The standard InChI is InChI=1S/C16H11F3N2O3/c1-21(15(22)12-6-3-7-13(18)14(12)19)20-9-24-16(23)10-4-2-5-11(17)8-10/h2-9H,1H3. The Hall–Kier alpha value is -3.16. The molecule has 2 aromatic carbocycles. The number of ether oxygens (including phenoxy) is 1. The zero-order chi connectivity index (χ0) is 17.7. The highest BCUT2D eigenvalue weighted by Crippen LogP contribution is 2.13. The summed E-state index contributed by atoms with van der Waals surface area (Å²) < 4.78 is 44.2. The molecule has 0 saturated carbocycles. The summed E-state index contributed by atoms with van der Waals surface area (Å²) in [6, 6.07) is 7.91. The fourth-order valence-electron chi connectivity index (χ4n) is 1.72. The maximum absolute atomic E-state index is 13.5. The predicted molar refractivity (Wildman–Crippen MR) is 78.8 cm³/mol. The lowest BCUT2D eigenvalue weighted by Gasteiger charge is -2.11. The Kier molecular flexibility index (Phi) is 5.31. The molecule has 0 aliphatic carbocycles. The van der Waals surface area contributed by atoms with Gasteiger partial charge in [-0.3, -0.25) is 4.79 Å². The van der Waals surface area contributed by atoms with Crippen molar-refractivity contribution in [3.05, 3.63) is 71.0 Å². The van der Waals surface area contributed by atoms with Crippen LogP contribution in [0, 0.1) is 17.5 Å². The molecule has 0 radical (unpaired) electrons. The molecule has 1 amide bonds. The molecule has 0 aromatic heterocycles. The number of carbonyl (C=O) groups excluding carboxylic acids is 2. The van der Waals surface area contributed by atoms with E-state index in [-0.39, 0.29) is 5.56 Å². The minimum Gasteiger partial charge on any atom is -0.409 e. The van der Waals surface area contributed by atoms with Gasteiger partial charge in [-0.25, -0.2) is 23.0 Å². The molecule has 0 bridgehead atoms. The summed E-state index contributed by atoms with van der Waals surface area (Å²) in [5.74, 6) is -4.92. The fraction of sp³-hybridized carbons (Fsp3) is 0.0625. The van der Waals surface area contributed by atoms with Crippen LogP contribution in [0.3, 0.4) is 0 Å². The second-order valence-corrected chi connectivity index (χ2v) is 4.57. The molecular weight excluding hydrogens is 325 g/mol. The highest BCUT2D eigenvalue weighted by Gasteiger charge is 2.18. The smallest absolute Gasteiger partial charge is 0.344 e. The Morgan fingerprint density at radius 2 is 1.83 bits per heavy atom. The average Bonchev–Trinajstić information content (AvgIpc) is 2.56. The lowest BCUT2D eigenvalue weighted by atomic mass is 10.2. The van der Waals surface area contributed by atoms with Gasteiger partial charge >= 0.3 is 5.97 Å². The first-order valence-corrected chi connectivity index (χ1v) is 6.61. The number of esters is 1. The predicted octanol–water partition coefficient (Wildman–Crippen LogP) is 2.98. The van der Waals surface area contributed by atoms with Gasteiger partial charge in [-0.1, -0.05) is 12.1 Å². The molecule has 0 fully saturated rings. The summed E-state index contributed by atoms with van der Waals surface area (Å²) in [6.45, 7) is 0. The van der Waals surface area contributed by atoms with Crippen molar-refractivity contribution in [2.75, 3.05) is 7.05 Å². The van der Waals surface area contributed by atoms with E-state index in [4.69, 9.17) is 0 Å².